The van der Waals surface area contributed by atoms with Crippen LogP contribution in [0.4, 0.5) is 4.39 Å². The van der Waals surface area contributed by atoms with Crippen molar-refractivity contribution in [1.82, 2.24) is 4.90 Å². The van der Waals surface area contributed by atoms with Gasteiger partial charge >= 0.3 is 0 Å². The van der Waals surface area contributed by atoms with Crippen LogP contribution in [0.15, 0.2) is 30.3 Å². The monoisotopic (exact) mass is 291 g/mol. The number of benzene rings is 1. The third-order valence-corrected chi connectivity index (χ3v) is 4.01. The van der Waals surface area contributed by atoms with Gasteiger partial charge in [-0.05, 0) is 44.2 Å². The van der Waals surface area contributed by atoms with Crippen LogP contribution in [0.1, 0.15) is 38.2 Å². The maximum absolute atomic E-state index is 13.7. The standard InChI is InChI=1S/C17H22FNO2/c1-13(15-7-2-3-8-16(15)18)12-17(21)19-10-5-4-6-14(19)9-11-20/h2-3,7-8,12,14,20H,4-6,9-11H2,1H3/b13-12-. The molecule has 1 N–H and O–H groups in total. The molecule has 1 saturated heterocycles. The molecule has 1 atom stereocenters. The molecule has 4 heteroatoms. The fraction of sp³-hybridized carbons (Fsp3) is 0.471. The predicted molar refractivity (Wildman–Crippen MR) is 81.1 cm³/mol. The Morgan fingerprint density at radius 3 is 2.90 bits per heavy atom. The van der Waals surface area contributed by atoms with Gasteiger partial charge in [0.15, 0.2) is 0 Å². The number of likely N-dealkylation sites (tertiary alicyclic amines) is 1. The van der Waals surface area contributed by atoms with E-state index in [1.54, 1.807) is 25.1 Å². The average Bonchev–Trinajstić information content (AvgIpc) is 2.48. The molecule has 21 heavy (non-hydrogen) atoms. The predicted octanol–water partition coefficient (Wildman–Crippen LogP) is 2.99. The van der Waals surface area contributed by atoms with E-state index >= 15 is 0 Å². The first kappa shape index (κ1) is 15.7. The van der Waals surface area contributed by atoms with Crippen molar-refractivity contribution in [2.24, 2.45) is 0 Å². The van der Waals surface area contributed by atoms with E-state index in [4.69, 9.17) is 5.11 Å². The minimum atomic E-state index is -0.315. The number of carbonyl (C=O) groups excluding carboxylic acids is 1. The van der Waals surface area contributed by atoms with Crippen LogP contribution in [0.3, 0.4) is 0 Å². The third kappa shape index (κ3) is 3.91. The van der Waals surface area contributed by atoms with Crippen LogP contribution >= 0.6 is 0 Å². The highest BCUT2D eigenvalue weighted by atomic mass is 19.1. The first-order valence-electron chi connectivity index (χ1n) is 7.48. The van der Waals surface area contributed by atoms with Crippen LogP contribution < -0.4 is 0 Å². The van der Waals surface area contributed by atoms with Crippen molar-refractivity contribution < 1.29 is 14.3 Å². The van der Waals surface area contributed by atoms with Crippen molar-refractivity contribution in [1.29, 1.82) is 0 Å². The van der Waals surface area contributed by atoms with Gasteiger partial charge in [0.05, 0.1) is 0 Å². The summed E-state index contributed by atoms with van der Waals surface area (Å²) < 4.78 is 13.7. The molecule has 0 saturated carbocycles. The molecule has 0 aromatic heterocycles. The fourth-order valence-electron chi connectivity index (χ4n) is 2.87. The molecule has 0 aliphatic carbocycles. The van der Waals surface area contributed by atoms with Crippen molar-refractivity contribution in [3.05, 3.63) is 41.7 Å². The molecule has 1 unspecified atom stereocenters. The summed E-state index contributed by atoms with van der Waals surface area (Å²) in [7, 11) is 0. The van der Waals surface area contributed by atoms with E-state index in [9.17, 15) is 9.18 Å². The normalized spacial score (nSPS) is 19.7. The summed E-state index contributed by atoms with van der Waals surface area (Å²) in [6, 6.07) is 6.56. The smallest absolute Gasteiger partial charge is 0.247 e. The summed E-state index contributed by atoms with van der Waals surface area (Å²) in [5.74, 6) is -0.404. The van der Waals surface area contributed by atoms with Gasteiger partial charge in [-0.1, -0.05) is 18.2 Å². The van der Waals surface area contributed by atoms with Gasteiger partial charge < -0.3 is 10.0 Å². The van der Waals surface area contributed by atoms with Crippen LogP contribution in [-0.4, -0.2) is 35.1 Å². The first-order valence-corrected chi connectivity index (χ1v) is 7.48. The lowest BCUT2D eigenvalue weighted by atomic mass is 9.99. The average molecular weight is 291 g/mol. The van der Waals surface area contributed by atoms with Gasteiger partial charge in [-0.3, -0.25) is 4.79 Å². The lowest BCUT2D eigenvalue weighted by Crippen LogP contribution is -2.43. The Morgan fingerprint density at radius 1 is 1.43 bits per heavy atom. The zero-order valence-electron chi connectivity index (χ0n) is 12.4. The molecule has 1 aromatic rings. The Kier molecular flexibility index (Phi) is 5.51. The molecule has 2 rings (SSSR count). The Hall–Kier alpha value is -1.68. The molecule has 0 bridgehead atoms. The largest absolute Gasteiger partial charge is 0.396 e. The van der Waals surface area contributed by atoms with Gasteiger partial charge in [-0.2, -0.15) is 0 Å². The number of carbonyl (C=O) groups is 1. The minimum Gasteiger partial charge on any atom is -0.396 e. The number of piperidine rings is 1. The first-order chi connectivity index (χ1) is 10.1. The number of aliphatic hydroxyl groups excluding tert-OH is 1. The van der Waals surface area contributed by atoms with Crippen molar-refractivity contribution in [3.63, 3.8) is 0 Å². The van der Waals surface area contributed by atoms with Gasteiger partial charge in [-0.25, -0.2) is 4.39 Å². The molecule has 3 nitrogen and oxygen atoms in total. The van der Waals surface area contributed by atoms with Crippen molar-refractivity contribution >= 4 is 11.5 Å². The van der Waals surface area contributed by atoms with Gasteiger partial charge in [0.2, 0.25) is 5.91 Å². The molecule has 1 aliphatic rings. The maximum atomic E-state index is 13.7. The molecular weight excluding hydrogens is 269 g/mol. The lowest BCUT2D eigenvalue weighted by Gasteiger charge is -2.35. The number of hydrogen-bond donors (Lipinski definition) is 1. The molecule has 114 valence electrons. The van der Waals surface area contributed by atoms with Gasteiger partial charge in [0, 0.05) is 30.8 Å². The number of rotatable bonds is 4. The van der Waals surface area contributed by atoms with Crippen LogP contribution in [0.25, 0.3) is 5.57 Å². The van der Waals surface area contributed by atoms with E-state index in [0.29, 0.717) is 24.1 Å². The second-order valence-corrected chi connectivity index (χ2v) is 5.50. The summed E-state index contributed by atoms with van der Waals surface area (Å²) in [4.78, 5) is 14.2. The maximum Gasteiger partial charge on any atom is 0.247 e. The van der Waals surface area contributed by atoms with E-state index < -0.39 is 0 Å². The van der Waals surface area contributed by atoms with Crippen molar-refractivity contribution in [2.75, 3.05) is 13.2 Å². The molecule has 1 aliphatic heterocycles. The second-order valence-electron chi connectivity index (χ2n) is 5.50. The number of aliphatic hydroxyl groups is 1. The molecule has 1 aromatic carbocycles. The third-order valence-electron chi connectivity index (χ3n) is 4.01. The molecular formula is C17H22FNO2. The van der Waals surface area contributed by atoms with E-state index in [1.807, 2.05) is 4.90 Å². The molecule has 0 radical (unpaired) electrons. The highest BCUT2D eigenvalue weighted by Crippen LogP contribution is 2.22. The fourth-order valence-corrected chi connectivity index (χ4v) is 2.87. The topological polar surface area (TPSA) is 40.5 Å². The molecule has 1 fully saturated rings. The van der Waals surface area contributed by atoms with Crippen LogP contribution in [-0.2, 0) is 4.79 Å². The Labute approximate surface area is 125 Å². The molecule has 1 amide bonds. The van der Waals surface area contributed by atoms with Crippen LogP contribution in [0, 0.1) is 5.82 Å². The van der Waals surface area contributed by atoms with E-state index in [0.717, 1.165) is 19.3 Å². The molecule has 1 heterocycles. The Bertz CT molecular complexity index is 525. The SMILES string of the molecule is C/C(=C/C(=O)N1CCCCC1CCO)c1ccccc1F. The van der Waals surface area contributed by atoms with E-state index in [-0.39, 0.29) is 24.4 Å². The summed E-state index contributed by atoms with van der Waals surface area (Å²) in [6.45, 7) is 2.55. The van der Waals surface area contributed by atoms with Crippen LogP contribution in [0.2, 0.25) is 0 Å². The number of nitrogens with zero attached hydrogens (tertiary/aromatic N) is 1. The second kappa shape index (κ2) is 7.36. The van der Waals surface area contributed by atoms with Gasteiger partial charge in [-0.15, -0.1) is 0 Å². The number of amides is 1. The lowest BCUT2D eigenvalue weighted by molar-refractivity contribution is -0.129. The summed E-state index contributed by atoms with van der Waals surface area (Å²) >= 11 is 0. The van der Waals surface area contributed by atoms with E-state index in [2.05, 4.69) is 0 Å². The Balaban J connectivity index is 2.15. The quantitative estimate of drug-likeness (QED) is 0.866. The summed E-state index contributed by atoms with van der Waals surface area (Å²) in [5, 5.41) is 9.11. The van der Waals surface area contributed by atoms with Gasteiger partial charge in [0.1, 0.15) is 5.82 Å². The van der Waals surface area contributed by atoms with Crippen molar-refractivity contribution in [2.45, 2.75) is 38.6 Å². The van der Waals surface area contributed by atoms with Crippen molar-refractivity contribution in [3.8, 4) is 0 Å². The van der Waals surface area contributed by atoms with Crippen LogP contribution in [0.5, 0.6) is 0 Å². The highest BCUT2D eigenvalue weighted by Gasteiger charge is 2.25. The van der Waals surface area contributed by atoms with E-state index in [1.165, 1.54) is 12.1 Å². The summed E-state index contributed by atoms with van der Waals surface area (Å²) in [6.07, 6.45) is 5.12. The Morgan fingerprint density at radius 2 is 2.19 bits per heavy atom. The number of hydrogen-bond acceptors (Lipinski definition) is 2. The van der Waals surface area contributed by atoms with Gasteiger partial charge in [0.25, 0.3) is 0 Å². The zero-order chi connectivity index (χ0) is 15.2. The minimum absolute atomic E-state index is 0.0878. The highest BCUT2D eigenvalue weighted by molar-refractivity contribution is 5.95. The molecule has 0 spiro atoms. The number of halogens is 1. The number of allylic oxidation sites excluding steroid dienone is 1. The summed E-state index contributed by atoms with van der Waals surface area (Å²) in [5.41, 5.74) is 1.09. The zero-order valence-corrected chi connectivity index (χ0v) is 12.4.